The molecule has 102 valence electrons. The number of hydrogen-bond acceptors (Lipinski definition) is 4. The summed E-state index contributed by atoms with van der Waals surface area (Å²) >= 11 is 0. The van der Waals surface area contributed by atoms with Crippen LogP contribution >= 0.6 is 0 Å². The summed E-state index contributed by atoms with van der Waals surface area (Å²) in [5, 5.41) is 7.69. The van der Waals surface area contributed by atoms with Crippen LogP contribution in [0.15, 0.2) is 18.6 Å². The summed E-state index contributed by atoms with van der Waals surface area (Å²) in [5.74, 6) is 0.913. The highest BCUT2D eigenvalue weighted by molar-refractivity contribution is 5.64. The van der Waals surface area contributed by atoms with Gasteiger partial charge in [0, 0.05) is 24.8 Å². The standard InChI is InChI=1S/C14H21N5/c1-4-7-15-14-11(3)13(16-10-17-14)12-6-8-18-19(12)9-5-2/h6,8,10H,4-5,7,9H2,1-3H3,(H,15,16,17). The Morgan fingerprint density at radius 1 is 1.21 bits per heavy atom. The largest absolute Gasteiger partial charge is 0.370 e. The molecule has 2 aromatic heterocycles. The van der Waals surface area contributed by atoms with Gasteiger partial charge in [-0.3, -0.25) is 4.68 Å². The summed E-state index contributed by atoms with van der Waals surface area (Å²) in [5.41, 5.74) is 3.09. The third-order valence-electron chi connectivity index (χ3n) is 3.02. The lowest BCUT2D eigenvalue weighted by molar-refractivity contribution is 0.607. The first-order chi connectivity index (χ1) is 9.27. The van der Waals surface area contributed by atoms with Crippen LogP contribution in [-0.2, 0) is 6.54 Å². The lowest BCUT2D eigenvalue weighted by Crippen LogP contribution is -2.08. The van der Waals surface area contributed by atoms with Crippen LogP contribution in [0.25, 0.3) is 11.4 Å². The molecule has 0 aliphatic carbocycles. The maximum Gasteiger partial charge on any atom is 0.132 e. The Morgan fingerprint density at radius 3 is 2.79 bits per heavy atom. The number of aromatic nitrogens is 4. The van der Waals surface area contributed by atoms with E-state index in [9.17, 15) is 0 Å². The highest BCUT2D eigenvalue weighted by atomic mass is 15.3. The van der Waals surface area contributed by atoms with Crippen LogP contribution in [-0.4, -0.2) is 26.3 Å². The number of nitrogens with zero attached hydrogens (tertiary/aromatic N) is 4. The molecular weight excluding hydrogens is 238 g/mol. The first kappa shape index (κ1) is 13.5. The first-order valence-electron chi connectivity index (χ1n) is 6.85. The van der Waals surface area contributed by atoms with Gasteiger partial charge in [0.15, 0.2) is 0 Å². The van der Waals surface area contributed by atoms with Gasteiger partial charge < -0.3 is 5.32 Å². The zero-order chi connectivity index (χ0) is 13.7. The van der Waals surface area contributed by atoms with Crippen LogP contribution < -0.4 is 5.32 Å². The average Bonchev–Trinajstić information content (AvgIpc) is 2.86. The molecule has 0 fully saturated rings. The Bertz CT molecular complexity index is 532. The molecular formula is C14H21N5. The van der Waals surface area contributed by atoms with Crippen molar-refractivity contribution < 1.29 is 0 Å². The molecule has 19 heavy (non-hydrogen) atoms. The molecule has 2 rings (SSSR count). The van der Waals surface area contributed by atoms with Crippen LogP contribution in [0.4, 0.5) is 5.82 Å². The smallest absolute Gasteiger partial charge is 0.132 e. The molecule has 0 aromatic carbocycles. The van der Waals surface area contributed by atoms with Crippen molar-refractivity contribution in [2.45, 2.75) is 40.2 Å². The second kappa shape index (κ2) is 6.31. The summed E-state index contributed by atoms with van der Waals surface area (Å²) in [6, 6.07) is 2.01. The average molecular weight is 259 g/mol. The van der Waals surface area contributed by atoms with Gasteiger partial charge in [-0.2, -0.15) is 5.10 Å². The topological polar surface area (TPSA) is 55.6 Å². The predicted molar refractivity (Wildman–Crippen MR) is 77.1 cm³/mol. The number of nitrogens with one attached hydrogen (secondary N) is 1. The molecule has 0 saturated carbocycles. The van der Waals surface area contributed by atoms with Crippen LogP contribution in [0, 0.1) is 6.92 Å². The number of aryl methyl sites for hydroxylation is 1. The van der Waals surface area contributed by atoms with E-state index < -0.39 is 0 Å². The normalized spacial score (nSPS) is 10.7. The SMILES string of the molecule is CCCNc1ncnc(-c2ccnn2CCC)c1C. The highest BCUT2D eigenvalue weighted by Crippen LogP contribution is 2.24. The molecule has 0 radical (unpaired) electrons. The van der Waals surface area contributed by atoms with E-state index >= 15 is 0 Å². The summed E-state index contributed by atoms with van der Waals surface area (Å²) in [4.78, 5) is 8.73. The summed E-state index contributed by atoms with van der Waals surface area (Å²) in [6.45, 7) is 8.17. The molecule has 0 saturated heterocycles. The van der Waals surface area contributed by atoms with Gasteiger partial charge in [0.25, 0.3) is 0 Å². The van der Waals surface area contributed by atoms with Gasteiger partial charge in [-0.25, -0.2) is 9.97 Å². The van der Waals surface area contributed by atoms with Gasteiger partial charge in [-0.1, -0.05) is 13.8 Å². The van der Waals surface area contributed by atoms with E-state index in [1.807, 2.05) is 16.9 Å². The van der Waals surface area contributed by atoms with Crippen molar-refractivity contribution in [2.75, 3.05) is 11.9 Å². The Kier molecular flexibility index (Phi) is 4.49. The van der Waals surface area contributed by atoms with Gasteiger partial charge >= 0.3 is 0 Å². The van der Waals surface area contributed by atoms with E-state index in [1.165, 1.54) is 0 Å². The van der Waals surface area contributed by atoms with Crippen molar-refractivity contribution in [3.63, 3.8) is 0 Å². The van der Waals surface area contributed by atoms with Gasteiger partial charge in [-0.15, -0.1) is 0 Å². The van der Waals surface area contributed by atoms with E-state index in [2.05, 4.69) is 41.2 Å². The molecule has 1 N–H and O–H groups in total. The van der Waals surface area contributed by atoms with E-state index in [4.69, 9.17) is 0 Å². The second-order valence-electron chi connectivity index (χ2n) is 4.56. The van der Waals surface area contributed by atoms with E-state index in [1.54, 1.807) is 6.33 Å². The zero-order valence-electron chi connectivity index (χ0n) is 11.8. The third-order valence-corrected chi connectivity index (χ3v) is 3.02. The second-order valence-corrected chi connectivity index (χ2v) is 4.56. The number of anilines is 1. The summed E-state index contributed by atoms with van der Waals surface area (Å²) in [6.07, 6.45) is 5.57. The molecule has 5 heteroatoms. The Balaban J connectivity index is 2.36. The van der Waals surface area contributed by atoms with Crippen LogP contribution in [0.5, 0.6) is 0 Å². The molecule has 0 spiro atoms. The van der Waals surface area contributed by atoms with Crippen molar-refractivity contribution in [1.29, 1.82) is 0 Å². The Labute approximate surface area is 114 Å². The van der Waals surface area contributed by atoms with Gasteiger partial charge in [0.05, 0.1) is 11.4 Å². The molecule has 5 nitrogen and oxygen atoms in total. The molecule has 0 bridgehead atoms. The quantitative estimate of drug-likeness (QED) is 0.866. The first-order valence-corrected chi connectivity index (χ1v) is 6.85. The number of hydrogen-bond donors (Lipinski definition) is 1. The molecule has 2 aromatic rings. The predicted octanol–water partition coefficient (Wildman–Crippen LogP) is 2.88. The van der Waals surface area contributed by atoms with E-state index in [0.29, 0.717) is 0 Å². The van der Waals surface area contributed by atoms with Crippen LogP contribution in [0.1, 0.15) is 32.3 Å². The van der Waals surface area contributed by atoms with Crippen LogP contribution in [0.3, 0.4) is 0 Å². The van der Waals surface area contributed by atoms with Crippen molar-refractivity contribution >= 4 is 5.82 Å². The van der Waals surface area contributed by atoms with Gasteiger partial charge in [0.1, 0.15) is 12.1 Å². The lowest BCUT2D eigenvalue weighted by atomic mass is 10.1. The van der Waals surface area contributed by atoms with Gasteiger partial charge in [0.2, 0.25) is 0 Å². The van der Waals surface area contributed by atoms with E-state index in [-0.39, 0.29) is 0 Å². The van der Waals surface area contributed by atoms with Crippen LogP contribution in [0.2, 0.25) is 0 Å². The summed E-state index contributed by atoms with van der Waals surface area (Å²) < 4.78 is 2.00. The molecule has 0 atom stereocenters. The maximum absolute atomic E-state index is 4.42. The van der Waals surface area contributed by atoms with Crippen molar-refractivity contribution in [3.8, 4) is 11.4 Å². The molecule has 0 aliphatic rings. The minimum absolute atomic E-state index is 0.906. The van der Waals surface area contributed by atoms with Crippen molar-refractivity contribution in [1.82, 2.24) is 19.7 Å². The molecule has 0 unspecified atom stereocenters. The minimum Gasteiger partial charge on any atom is -0.370 e. The fraction of sp³-hybridized carbons (Fsp3) is 0.500. The lowest BCUT2D eigenvalue weighted by Gasteiger charge is -2.12. The van der Waals surface area contributed by atoms with Crippen molar-refractivity contribution in [3.05, 3.63) is 24.2 Å². The maximum atomic E-state index is 4.42. The van der Waals surface area contributed by atoms with Gasteiger partial charge in [-0.05, 0) is 25.8 Å². The Hall–Kier alpha value is -1.91. The number of rotatable bonds is 6. The fourth-order valence-electron chi connectivity index (χ4n) is 2.05. The minimum atomic E-state index is 0.906. The highest BCUT2D eigenvalue weighted by Gasteiger charge is 2.12. The Morgan fingerprint density at radius 2 is 2.05 bits per heavy atom. The molecule has 0 amide bonds. The molecule has 0 aliphatic heterocycles. The fourth-order valence-corrected chi connectivity index (χ4v) is 2.05. The van der Waals surface area contributed by atoms with Crippen molar-refractivity contribution in [2.24, 2.45) is 0 Å². The summed E-state index contributed by atoms with van der Waals surface area (Å²) in [7, 11) is 0. The molecule has 2 heterocycles. The monoisotopic (exact) mass is 259 g/mol. The third kappa shape index (κ3) is 2.92. The van der Waals surface area contributed by atoms with E-state index in [0.717, 1.165) is 48.7 Å². The zero-order valence-corrected chi connectivity index (χ0v) is 11.8.